The lowest BCUT2D eigenvalue weighted by molar-refractivity contribution is 0.0408. The average Bonchev–Trinajstić information content (AvgIpc) is 3.43. The van der Waals surface area contributed by atoms with E-state index in [9.17, 15) is 23.5 Å². The summed E-state index contributed by atoms with van der Waals surface area (Å²) in [5.41, 5.74) is -1.58. The second-order valence-corrected chi connectivity index (χ2v) is 12.0. The van der Waals surface area contributed by atoms with Crippen molar-refractivity contribution in [3.8, 4) is 10.4 Å². The Bertz CT molecular complexity index is 1180. The van der Waals surface area contributed by atoms with Gasteiger partial charge in [-0.1, -0.05) is 0 Å². The highest BCUT2D eigenvalue weighted by atomic mass is 32.1. The number of nitrogens with zero attached hydrogens (tertiary/aromatic N) is 3. The maximum absolute atomic E-state index is 14.3. The number of hydrogen-bond donors (Lipinski definition) is 3. The van der Waals surface area contributed by atoms with Gasteiger partial charge in [0, 0.05) is 35.4 Å². The fourth-order valence-corrected chi connectivity index (χ4v) is 5.59. The smallest absolute Gasteiger partial charge is 0.280 e. The molecule has 0 radical (unpaired) electrons. The molecule has 202 valence electrons. The molecule has 3 heterocycles. The number of nitrogens with one attached hydrogen (secondary N) is 2. The molecule has 11 heteroatoms. The van der Waals surface area contributed by atoms with Gasteiger partial charge in [-0.3, -0.25) is 9.59 Å². The van der Waals surface area contributed by atoms with Gasteiger partial charge < -0.3 is 20.6 Å². The maximum Gasteiger partial charge on any atom is 0.280 e. The zero-order valence-corrected chi connectivity index (χ0v) is 22.7. The highest BCUT2D eigenvalue weighted by Gasteiger charge is 2.35. The number of carbonyl (C=O) groups is 2. The van der Waals surface area contributed by atoms with E-state index in [0.29, 0.717) is 12.4 Å². The van der Waals surface area contributed by atoms with Gasteiger partial charge in [-0.15, -0.1) is 11.3 Å². The van der Waals surface area contributed by atoms with Crippen LogP contribution in [0.5, 0.6) is 0 Å². The summed E-state index contributed by atoms with van der Waals surface area (Å²) in [6.45, 7) is 9.28. The van der Waals surface area contributed by atoms with Crippen molar-refractivity contribution in [2.45, 2.75) is 96.4 Å². The molecule has 1 aliphatic carbocycles. The molecule has 3 N–H and O–H groups in total. The first kappa shape index (κ1) is 27.4. The van der Waals surface area contributed by atoms with Crippen molar-refractivity contribution < 1.29 is 23.5 Å². The van der Waals surface area contributed by atoms with Crippen molar-refractivity contribution in [2.75, 3.05) is 11.9 Å². The number of carbonyl (C=O) groups excluding carboxylic acids is 2. The average molecular weight is 536 g/mol. The third-order valence-electron chi connectivity index (χ3n) is 7.55. The van der Waals surface area contributed by atoms with Gasteiger partial charge in [0.1, 0.15) is 11.5 Å². The van der Waals surface area contributed by atoms with Gasteiger partial charge in [0.25, 0.3) is 18.2 Å². The molecule has 2 aromatic heterocycles. The van der Waals surface area contributed by atoms with Crippen LogP contribution in [0.1, 0.15) is 99.0 Å². The minimum absolute atomic E-state index is 0.0166. The Morgan fingerprint density at radius 1 is 1.30 bits per heavy atom. The van der Waals surface area contributed by atoms with Gasteiger partial charge in [0.15, 0.2) is 5.01 Å². The molecule has 1 aliphatic heterocycles. The predicted molar refractivity (Wildman–Crippen MR) is 139 cm³/mol. The van der Waals surface area contributed by atoms with Crippen molar-refractivity contribution >= 4 is 29.0 Å². The van der Waals surface area contributed by atoms with Gasteiger partial charge in [-0.2, -0.15) is 0 Å². The first-order chi connectivity index (χ1) is 17.3. The Balaban J connectivity index is 1.76. The molecule has 0 unspecified atom stereocenters. The number of likely N-dealkylation sites (tertiary alicyclic amines) is 1. The molecule has 8 nitrogen and oxygen atoms in total. The van der Waals surface area contributed by atoms with E-state index in [1.165, 1.54) is 12.3 Å². The number of thiazole rings is 1. The SMILES string of the molecule is C[C@H](NC(=O)c1nc(C(=O)N2CCC[C@@H]2C)c(-c2cnc(NC3(C)CCC3)cc2C(F)F)s1)C(C)(C)O. The second-order valence-electron chi connectivity index (χ2n) is 11.0. The van der Waals surface area contributed by atoms with E-state index in [4.69, 9.17) is 0 Å². The molecule has 0 aromatic carbocycles. The van der Waals surface area contributed by atoms with Gasteiger partial charge >= 0.3 is 0 Å². The highest BCUT2D eigenvalue weighted by molar-refractivity contribution is 7.17. The minimum Gasteiger partial charge on any atom is -0.388 e. The van der Waals surface area contributed by atoms with Crippen LogP contribution in [0.25, 0.3) is 10.4 Å². The number of rotatable bonds is 8. The molecule has 0 bridgehead atoms. The third kappa shape index (κ3) is 5.77. The van der Waals surface area contributed by atoms with Gasteiger partial charge in [-0.25, -0.2) is 18.7 Å². The Kier molecular flexibility index (Phi) is 7.58. The largest absolute Gasteiger partial charge is 0.388 e. The maximum atomic E-state index is 14.3. The van der Waals surface area contributed by atoms with E-state index in [2.05, 4.69) is 20.6 Å². The molecular weight excluding hydrogens is 500 g/mol. The van der Waals surface area contributed by atoms with Crippen LogP contribution in [0.2, 0.25) is 0 Å². The lowest BCUT2D eigenvalue weighted by Crippen LogP contribution is -2.47. The molecule has 2 aromatic rings. The van der Waals surface area contributed by atoms with Crippen LogP contribution < -0.4 is 10.6 Å². The number of halogens is 2. The monoisotopic (exact) mass is 535 g/mol. The van der Waals surface area contributed by atoms with Crippen LogP contribution in [0.3, 0.4) is 0 Å². The first-order valence-corrected chi connectivity index (χ1v) is 13.5. The Morgan fingerprint density at radius 2 is 2.00 bits per heavy atom. The Labute approximate surface area is 219 Å². The summed E-state index contributed by atoms with van der Waals surface area (Å²) in [5.74, 6) is -0.629. The molecular formula is C26H35F2N5O3S. The summed E-state index contributed by atoms with van der Waals surface area (Å²) in [6, 6.07) is 0.699. The summed E-state index contributed by atoms with van der Waals surface area (Å²) in [4.78, 5) is 37.1. The van der Waals surface area contributed by atoms with Crippen molar-refractivity contribution in [1.82, 2.24) is 20.2 Å². The van der Waals surface area contributed by atoms with E-state index in [1.54, 1.807) is 25.7 Å². The molecule has 2 amide bonds. The van der Waals surface area contributed by atoms with E-state index < -0.39 is 29.9 Å². The number of aliphatic hydroxyl groups is 1. The third-order valence-corrected chi connectivity index (χ3v) is 8.64. The van der Waals surface area contributed by atoms with Crippen molar-refractivity contribution in [1.29, 1.82) is 0 Å². The number of hydrogen-bond acceptors (Lipinski definition) is 7. The molecule has 2 aliphatic rings. The minimum atomic E-state index is -2.82. The van der Waals surface area contributed by atoms with Gasteiger partial charge in [0.2, 0.25) is 0 Å². The van der Waals surface area contributed by atoms with E-state index in [1.807, 2.05) is 13.8 Å². The van der Waals surface area contributed by atoms with Crippen molar-refractivity contribution in [2.24, 2.45) is 0 Å². The number of amides is 2. The lowest BCUT2D eigenvalue weighted by atomic mass is 9.78. The van der Waals surface area contributed by atoms with Crippen LogP contribution in [-0.4, -0.2) is 61.6 Å². The number of alkyl halides is 2. The van der Waals surface area contributed by atoms with Crippen LogP contribution in [-0.2, 0) is 0 Å². The molecule has 4 rings (SSSR count). The lowest BCUT2D eigenvalue weighted by Gasteiger charge is -2.39. The fourth-order valence-electron chi connectivity index (χ4n) is 4.60. The van der Waals surface area contributed by atoms with E-state index >= 15 is 0 Å². The van der Waals surface area contributed by atoms with Crippen molar-refractivity contribution in [3.63, 3.8) is 0 Å². The summed E-state index contributed by atoms with van der Waals surface area (Å²) in [7, 11) is 0. The zero-order chi connectivity index (χ0) is 27.1. The standard InChI is InChI=1S/C26H35F2N5O3S/c1-14-8-6-11-33(14)24(35)19-20(37-23(31-19)22(34)30-15(2)25(3,4)36)17-13-29-18(12-16(17)21(27)28)32-26(5)9-7-10-26/h12-15,21,36H,6-11H2,1-5H3,(H,29,32)(H,30,34)/t14-,15-/m0/s1. The predicted octanol–water partition coefficient (Wildman–Crippen LogP) is 5.01. The Hall–Kier alpha value is -2.66. The van der Waals surface area contributed by atoms with Crippen LogP contribution in [0, 0.1) is 0 Å². The van der Waals surface area contributed by atoms with Gasteiger partial charge in [0.05, 0.1) is 16.5 Å². The fraction of sp³-hybridized carbons (Fsp3) is 0.615. The Morgan fingerprint density at radius 3 is 2.54 bits per heavy atom. The summed E-state index contributed by atoms with van der Waals surface area (Å²) >= 11 is 0.882. The number of aromatic nitrogens is 2. The van der Waals surface area contributed by atoms with Crippen LogP contribution in [0.15, 0.2) is 12.3 Å². The zero-order valence-electron chi connectivity index (χ0n) is 21.9. The second kappa shape index (κ2) is 10.2. The molecule has 0 spiro atoms. The van der Waals surface area contributed by atoms with E-state index in [0.717, 1.165) is 43.4 Å². The van der Waals surface area contributed by atoms with Crippen LogP contribution in [0.4, 0.5) is 14.6 Å². The molecule has 1 saturated heterocycles. The molecule has 2 fully saturated rings. The topological polar surface area (TPSA) is 107 Å². The summed E-state index contributed by atoms with van der Waals surface area (Å²) in [5, 5.41) is 16.1. The number of pyridine rings is 1. The summed E-state index contributed by atoms with van der Waals surface area (Å²) < 4.78 is 28.6. The normalized spacial score (nSPS) is 20.0. The van der Waals surface area contributed by atoms with E-state index in [-0.39, 0.29) is 38.3 Å². The van der Waals surface area contributed by atoms with Crippen LogP contribution >= 0.6 is 11.3 Å². The molecule has 37 heavy (non-hydrogen) atoms. The van der Waals surface area contributed by atoms with Crippen molar-refractivity contribution in [3.05, 3.63) is 28.5 Å². The molecule has 1 saturated carbocycles. The number of anilines is 1. The highest BCUT2D eigenvalue weighted by Crippen LogP contribution is 2.40. The quantitative estimate of drug-likeness (QED) is 0.439. The van der Waals surface area contributed by atoms with Gasteiger partial charge in [-0.05, 0) is 72.8 Å². The first-order valence-electron chi connectivity index (χ1n) is 12.7. The summed E-state index contributed by atoms with van der Waals surface area (Å²) in [6.07, 6.45) is 3.13. The molecule has 2 atom stereocenters.